The number of aryl methyl sites for hydroxylation is 1. The highest BCUT2D eigenvalue weighted by atomic mass is 32.2. The Morgan fingerprint density at radius 1 is 0.968 bits per heavy atom. The number of sulfonamides is 1. The lowest BCUT2D eigenvalue weighted by atomic mass is 10.1. The van der Waals surface area contributed by atoms with E-state index in [4.69, 9.17) is 0 Å². The van der Waals surface area contributed by atoms with Crippen LogP contribution in [0.5, 0.6) is 0 Å². The molecule has 1 aromatic carbocycles. The van der Waals surface area contributed by atoms with Crippen molar-refractivity contribution in [2.45, 2.75) is 81.6 Å². The second kappa shape index (κ2) is 9.69. The summed E-state index contributed by atoms with van der Waals surface area (Å²) in [5.41, 5.74) is 1.49. The molecule has 2 heterocycles. The number of carbonyl (C=O) groups excluding carboxylic acids is 2. The molecule has 2 fully saturated rings. The Bertz CT molecular complexity index is 917. The molecular weight excluding hydrogens is 414 g/mol. The molecule has 1 saturated carbocycles. The molecule has 8 heteroatoms. The fraction of sp³-hybridized carbons (Fsp3) is 0.652. The zero-order valence-electron chi connectivity index (χ0n) is 18.1. The van der Waals surface area contributed by atoms with Crippen LogP contribution in [0, 0.1) is 0 Å². The van der Waals surface area contributed by atoms with E-state index >= 15 is 0 Å². The van der Waals surface area contributed by atoms with Gasteiger partial charge in [-0.05, 0) is 62.3 Å². The first kappa shape index (κ1) is 22.3. The lowest BCUT2D eigenvalue weighted by molar-refractivity contribution is -0.124. The first-order valence-corrected chi connectivity index (χ1v) is 13.1. The summed E-state index contributed by atoms with van der Waals surface area (Å²) in [7, 11) is -3.51. The van der Waals surface area contributed by atoms with Gasteiger partial charge in [-0.15, -0.1) is 0 Å². The van der Waals surface area contributed by atoms with Crippen LogP contribution in [-0.2, 0) is 26.0 Å². The Morgan fingerprint density at radius 2 is 1.68 bits per heavy atom. The molecule has 170 valence electrons. The molecule has 0 spiro atoms. The number of nitrogens with one attached hydrogen (secondary N) is 1. The predicted molar refractivity (Wildman–Crippen MR) is 119 cm³/mol. The highest BCUT2D eigenvalue weighted by Gasteiger charge is 2.30. The summed E-state index contributed by atoms with van der Waals surface area (Å²) >= 11 is 0. The van der Waals surface area contributed by atoms with E-state index in [0.29, 0.717) is 38.0 Å². The smallest absolute Gasteiger partial charge is 0.243 e. The van der Waals surface area contributed by atoms with Crippen LogP contribution in [0.15, 0.2) is 23.1 Å². The summed E-state index contributed by atoms with van der Waals surface area (Å²) in [6.07, 6.45) is 10.1. The van der Waals surface area contributed by atoms with Gasteiger partial charge in [-0.1, -0.05) is 25.7 Å². The Hall–Kier alpha value is -1.93. The monoisotopic (exact) mass is 447 g/mol. The molecule has 1 aromatic rings. The number of fused-ring (bicyclic) bond motifs is 1. The van der Waals surface area contributed by atoms with Crippen LogP contribution in [-0.4, -0.2) is 50.2 Å². The van der Waals surface area contributed by atoms with Crippen molar-refractivity contribution >= 4 is 27.5 Å². The molecule has 0 atom stereocenters. The minimum Gasteiger partial charge on any atom is -0.352 e. The average Bonchev–Trinajstić information content (AvgIpc) is 3.12. The highest BCUT2D eigenvalue weighted by molar-refractivity contribution is 7.89. The number of nitrogens with zero attached hydrogens (tertiary/aromatic N) is 2. The summed E-state index contributed by atoms with van der Waals surface area (Å²) in [6, 6.07) is 5.18. The van der Waals surface area contributed by atoms with Crippen LogP contribution in [0.3, 0.4) is 0 Å². The second-order valence-electron chi connectivity index (χ2n) is 8.99. The van der Waals surface area contributed by atoms with Crippen LogP contribution < -0.4 is 10.2 Å². The molecule has 1 saturated heterocycles. The number of rotatable bonds is 5. The Morgan fingerprint density at radius 3 is 2.39 bits per heavy atom. The molecule has 1 aliphatic carbocycles. The minimum absolute atomic E-state index is 0.0133. The summed E-state index contributed by atoms with van der Waals surface area (Å²) < 4.78 is 27.5. The van der Waals surface area contributed by atoms with Crippen LogP contribution in [0.25, 0.3) is 0 Å². The molecule has 4 rings (SSSR count). The minimum atomic E-state index is -3.51. The van der Waals surface area contributed by atoms with Crippen LogP contribution in [0.2, 0.25) is 0 Å². The van der Waals surface area contributed by atoms with Gasteiger partial charge >= 0.3 is 0 Å². The van der Waals surface area contributed by atoms with Gasteiger partial charge in [0, 0.05) is 31.2 Å². The van der Waals surface area contributed by atoms with Crippen LogP contribution in [0.4, 0.5) is 5.69 Å². The third kappa shape index (κ3) is 5.12. The second-order valence-corrected chi connectivity index (χ2v) is 10.9. The number of anilines is 1. The van der Waals surface area contributed by atoms with E-state index in [1.807, 2.05) is 0 Å². The van der Waals surface area contributed by atoms with Gasteiger partial charge in [0.05, 0.1) is 4.90 Å². The highest BCUT2D eigenvalue weighted by Crippen LogP contribution is 2.31. The van der Waals surface area contributed by atoms with E-state index < -0.39 is 10.0 Å². The van der Waals surface area contributed by atoms with E-state index in [9.17, 15) is 18.0 Å². The van der Waals surface area contributed by atoms with Crippen LogP contribution >= 0.6 is 0 Å². The maximum atomic E-state index is 13.0. The Kier molecular flexibility index (Phi) is 6.96. The van der Waals surface area contributed by atoms with Crippen molar-refractivity contribution in [3.8, 4) is 0 Å². The van der Waals surface area contributed by atoms with E-state index in [1.54, 1.807) is 23.1 Å². The van der Waals surface area contributed by atoms with Crippen molar-refractivity contribution in [1.82, 2.24) is 9.62 Å². The number of amides is 2. The fourth-order valence-electron chi connectivity index (χ4n) is 4.98. The van der Waals surface area contributed by atoms with E-state index in [0.717, 1.165) is 44.1 Å². The lowest BCUT2D eigenvalue weighted by Gasteiger charge is -2.25. The first-order chi connectivity index (χ1) is 14.9. The van der Waals surface area contributed by atoms with E-state index in [2.05, 4.69) is 5.32 Å². The molecule has 3 aliphatic rings. The van der Waals surface area contributed by atoms with Gasteiger partial charge in [0.2, 0.25) is 21.8 Å². The van der Waals surface area contributed by atoms with Gasteiger partial charge in [0.15, 0.2) is 0 Å². The Labute approximate surface area is 185 Å². The molecule has 0 unspecified atom stereocenters. The standard InChI is InChI=1S/C23H33N3O4S/c27-22(24-19-9-3-1-2-4-10-19)17-26-21-13-12-20(16-18(21)8-7-11-23(26)28)31(29,30)25-14-5-6-15-25/h12-13,16,19H,1-11,14-15,17H2,(H,24,27). The average molecular weight is 448 g/mol. The molecule has 2 amide bonds. The van der Waals surface area contributed by atoms with Gasteiger partial charge in [0.1, 0.15) is 6.54 Å². The van der Waals surface area contributed by atoms with E-state index in [1.165, 1.54) is 17.1 Å². The first-order valence-electron chi connectivity index (χ1n) is 11.7. The quantitative estimate of drug-likeness (QED) is 0.703. The number of hydrogen-bond donors (Lipinski definition) is 1. The molecule has 0 radical (unpaired) electrons. The molecular formula is C23H33N3O4S. The summed E-state index contributed by atoms with van der Waals surface area (Å²) in [5.74, 6) is -0.216. The van der Waals surface area contributed by atoms with Gasteiger partial charge in [-0.25, -0.2) is 8.42 Å². The summed E-state index contributed by atoms with van der Waals surface area (Å²) in [6.45, 7) is 1.11. The van der Waals surface area contributed by atoms with E-state index in [-0.39, 0.29) is 29.3 Å². The maximum Gasteiger partial charge on any atom is 0.243 e. The molecule has 2 aliphatic heterocycles. The van der Waals surface area contributed by atoms with Crippen molar-refractivity contribution in [1.29, 1.82) is 0 Å². The fourth-order valence-corrected chi connectivity index (χ4v) is 6.55. The van der Waals surface area contributed by atoms with Crippen molar-refractivity contribution < 1.29 is 18.0 Å². The number of benzene rings is 1. The topological polar surface area (TPSA) is 86.8 Å². The number of carbonyl (C=O) groups is 2. The predicted octanol–water partition coefficient (Wildman–Crippen LogP) is 2.98. The van der Waals surface area contributed by atoms with Gasteiger partial charge in [0.25, 0.3) is 0 Å². The lowest BCUT2D eigenvalue weighted by Crippen LogP contribution is -2.44. The number of hydrogen-bond acceptors (Lipinski definition) is 4. The summed E-state index contributed by atoms with van der Waals surface area (Å²) in [5, 5.41) is 3.12. The van der Waals surface area contributed by atoms with Gasteiger partial charge in [-0.2, -0.15) is 4.31 Å². The third-order valence-electron chi connectivity index (χ3n) is 6.70. The maximum absolute atomic E-state index is 13.0. The zero-order valence-corrected chi connectivity index (χ0v) is 19.0. The molecule has 31 heavy (non-hydrogen) atoms. The molecule has 0 aromatic heterocycles. The summed E-state index contributed by atoms with van der Waals surface area (Å²) in [4.78, 5) is 27.3. The normalized spacial score (nSPS) is 21.4. The molecule has 1 N–H and O–H groups in total. The third-order valence-corrected chi connectivity index (χ3v) is 8.60. The SMILES string of the molecule is O=C(CN1C(=O)CCCc2cc(S(=O)(=O)N3CCCC3)ccc21)NC1CCCCCC1. The van der Waals surface area contributed by atoms with Crippen molar-refractivity contribution in [2.24, 2.45) is 0 Å². The van der Waals surface area contributed by atoms with Crippen molar-refractivity contribution in [3.63, 3.8) is 0 Å². The van der Waals surface area contributed by atoms with Crippen molar-refractivity contribution in [2.75, 3.05) is 24.5 Å². The molecule has 7 nitrogen and oxygen atoms in total. The Balaban J connectivity index is 1.53. The van der Waals surface area contributed by atoms with Gasteiger partial charge < -0.3 is 10.2 Å². The van der Waals surface area contributed by atoms with Gasteiger partial charge in [-0.3, -0.25) is 9.59 Å². The molecule has 0 bridgehead atoms. The van der Waals surface area contributed by atoms with Crippen molar-refractivity contribution in [3.05, 3.63) is 23.8 Å². The van der Waals surface area contributed by atoms with Crippen LogP contribution in [0.1, 0.15) is 69.8 Å². The zero-order chi connectivity index (χ0) is 21.8. The largest absolute Gasteiger partial charge is 0.352 e.